The SMILES string of the molecule is C=CCCn1nc(Nc2c(C)cccc2C)c2cnc(Nc3ccccc3)nc21. The smallest absolute Gasteiger partial charge is 0.229 e. The lowest BCUT2D eigenvalue weighted by Gasteiger charge is -2.10. The maximum Gasteiger partial charge on any atom is 0.229 e. The zero-order valence-electron chi connectivity index (χ0n) is 16.7. The molecule has 0 fully saturated rings. The maximum atomic E-state index is 4.78. The van der Waals surface area contributed by atoms with E-state index in [4.69, 9.17) is 10.1 Å². The molecule has 0 atom stereocenters. The van der Waals surface area contributed by atoms with Crippen LogP contribution in [-0.4, -0.2) is 19.7 Å². The summed E-state index contributed by atoms with van der Waals surface area (Å²) in [6, 6.07) is 16.1. The van der Waals surface area contributed by atoms with Crippen LogP contribution in [0.2, 0.25) is 0 Å². The molecular weight excluding hydrogens is 360 g/mol. The molecule has 0 spiro atoms. The number of nitrogens with one attached hydrogen (secondary N) is 2. The number of rotatable bonds is 7. The summed E-state index contributed by atoms with van der Waals surface area (Å²) in [5.41, 5.74) is 5.13. The van der Waals surface area contributed by atoms with E-state index in [1.54, 1.807) is 0 Å². The normalized spacial score (nSPS) is 10.8. The summed E-state index contributed by atoms with van der Waals surface area (Å²) in [6.07, 6.45) is 4.52. The lowest BCUT2D eigenvalue weighted by atomic mass is 10.1. The third-order valence-electron chi connectivity index (χ3n) is 4.79. The van der Waals surface area contributed by atoms with Crippen LogP contribution in [-0.2, 0) is 6.54 Å². The van der Waals surface area contributed by atoms with Gasteiger partial charge < -0.3 is 10.6 Å². The molecule has 0 radical (unpaired) electrons. The summed E-state index contributed by atoms with van der Waals surface area (Å²) < 4.78 is 1.91. The zero-order chi connectivity index (χ0) is 20.2. The zero-order valence-corrected chi connectivity index (χ0v) is 16.7. The quantitative estimate of drug-likeness (QED) is 0.411. The second kappa shape index (κ2) is 8.14. The molecule has 6 nitrogen and oxygen atoms in total. The van der Waals surface area contributed by atoms with Gasteiger partial charge >= 0.3 is 0 Å². The van der Waals surface area contributed by atoms with Crippen LogP contribution in [0, 0.1) is 13.8 Å². The Kier molecular flexibility index (Phi) is 5.24. The highest BCUT2D eigenvalue weighted by Gasteiger charge is 2.15. The van der Waals surface area contributed by atoms with E-state index in [2.05, 4.69) is 54.2 Å². The van der Waals surface area contributed by atoms with Crippen molar-refractivity contribution in [2.45, 2.75) is 26.8 Å². The van der Waals surface area contributed by atoms with Crippen molar-refractivity contribution >= 4 is 34.2 Å². The summed E-state index contributed by atoms with van der Waals surface area (Å²) >= 11 is 0. The molecule has 2 aromatic carbocycles. The van der Waals surface area contributed by atoms with Crippen LogP contribution >= 0.6 is 0 Å². The van der Waals surface area contributed by atoms with Crippen LogP contribution in [0.15, 0.2) is 67.4 Å². The Morgan fingerprint density at radius 1 is 1.00 bits per heavy atom. The third-order valence-corrected chi connectivity index (χ3v) is 4.79. The van der Waals surface area contributed by atoms with Gasteiger partial charge in [0.2, 0.25) is 5.95 Å². The van der Waals surface area contributed by atoms with Gasteiger partial charge in [-0.3, -0.25) is 0 Å². The van der Waals surface area contributed by atoms with Crippen molar-refractivity contribution in [2.24, 2.45) is 0 Å². The molecule has 0 aliphatic rings. The lowest BCUT2D eigenvalue weighted by Crippen LogP contribution is -2.03. The van der Waals surface area contributed by atoms with E-state index in [1.807, 2.05) is 47.3 Å². The predicted octanol–water partition coefficient (Wildman–Crippen LogP) is 5.51. The van der Waals surface area contributed by atoms with Crippen LogP contribution in [0.25, 0.3) is 11.0 Å². The summed E-state index contributed by atoms with van der Waals surface area (Å²) in [5.74, 6) is 1.30. The molecular formula is C23H24N6. The van der Waals surface area contributed by atoms with Crippen molar-refractivity contribution < 1.29 is 0 Å². The minimum atomic E-state index is 0.544. The Morgan fingerprint density at radius 2 is 1.76 bits per heavy atom. The molecule has 0 saturated carbocycles. The fourth-order valence-corrected chi connectivity index (χ4v) is 3.26. The Labute approximate surface area is 170 Å². The minimum absolute atomic E-state index is 0.544. The number of fused-ring (bicyclic) bond motifs is 1. The first kappa shape index (κ1) is 18.7. The maximum absolute atomic E-state index is 4.78. The van der Waals surface area contributed by atoms with Gasteiger partial charge in [-0.2, -0.15) is 10.1 Å². The Balaban J connectivity index is 1.74. The summed E-state index contributed by atoms with van der Waals surface area (Å²) in [7, 11) is 0. The Bertz CT molecular complexity index is 1130. The molecule has 2 heterocycles. The molecule has 6 heteroatoms. The molecule has 29 heavy (non-hydrogen) atoms. The largest absolute Gasteiger partial charge is 0.338 e. The van der Waals surface area contributed by atoms with Crippen molar-refractivity contribution in [3.05, 3.63) is 78.5 Å². The summed E-state index contributed by atoms with van der Waals surface area (Å²) in [6.45, 7) is 8.71. The van der Waals surface area contributed by atoms with Crippen LogP contribution in [0.3, 0.4) is 0 Å². The first-order chi connectivity index (χ1) is 14.2. The molecule has 0 amide bonds. The number of anilines is 4. The fraction of sp³-hybridized carbons (Fsp3) is 0.174. The molecule has 0 saturated heterocycles. The number of hydrogen-bond donors (Lipinski definition) is 2. The molecule has 146 valence electrons. The second-order valence-corrected chi connectivity index (χ2v) is 6.96. The summed E-state index contributed by atoms with van der Waals surface area (Å²) in [4.78, 5) is 9.24. The second-order valence-electron chi connectivity index (χ2n) is 6.96. The fourth-order valence-electron chi connectivity index (χ4n) is 3.26. The van der Waals surface area contributed by atoms with Gasteiger partial charge in [0.1, 0.15) is 0 Å². The average Bonchev–Trinajstić information content (AvgIpc) is 3.07. The van der Waals surface area contributed by atoms with Gasteiger partial charge in [-0.25, -0.2) is 9.67 Å². The number of aromatic nitrogens is 4. The minimum Gasteiger partial charge on any atom is -0.338 e. The monoisotopic (exact) mass is 384 g/mol. The Morgan fingerprint density at radius 3 is 2.48 bits per heavy atom. The molecule has 4 rings (SSSR count). The van der Waals surface area contributed by atoms with Crippen LogP contribution < -0.4 is 10.6 Å². The van der Waals surface area contributed by atoms with Gasteiger partial charge in [0.25, 0.3) is 0 Å². The average molecular weight is 384 g/mol. The van der Waals surface area contributed by atoms with Crippen LogP contribution in [0.1, 0.15) is 17.5 Å². The molecule has 2 N–H and O–H groups in total. The van der Waals surface area contributed by atoms with Gasteiger partial charge in [0.15, 0.2) is 11.5 Å². The molecule has 4 aromatic rings. The van der Waals surface area contributed by atoms with Crippen molar-refractivity contribution in [2.75, 3.05) is 10.6 Å². The van der Waals surface area contributed by atoms with Crippen molar-refractivity contribution in [1.82, 2.24) is 19.7 Å². The number of hydrogen-bond acceptors (Lipinski definition) is 5. The topological polar surface area (TPSA) is 67.7 Å². The number of aryl methyl sites for hydroxylation is 3. The van der Waals surface area contributed by atoms with E-state index >= 15 is 0 Å². The number of para-hydroxylation sites is 2. The van der Waals surface area contributed by atoms with E-state index < -0.39 is 0 Å². The first-order valence-corrected chi connectivity index (χ1v) is 9.65. The first-order valence-electron chi connectivity index (χ1n) is 9.65. The van der Waals surface area contributed by atoms with Gasteiger partial charge in [-0.05, 0) is 43.5 Å². The predicted molar refractivity (Wildman–Crippen MR) is 119 cm³/mol. The molecule has 0 unspecified atom stereocenters. The molecule has 0 aliphatic carbocycles. The standard InChI is InChI=1S/C23H24N6/c1-4-5-14-29-22-19(15-24-23(27-22)25-18-12-7-6-8-13-18)21(28-29)26-20-16(2)10-9-11-17(20)3/h4,6-13,15H,1,5,14H2,2-3H3,(H,26,28)(H,24,25,27). The Hall–Kier alpha value is -3.67. The van der Waals surface area contributed by atoms with E-state index in [0.717, 1.165) is 34.6 Å². The van der Waals surface area contributed by atoms with Crippen molar-refractivity contribution in [1.29, 1.82) is 0 Å². The number of allylic oxidation sites excluding steroid dienone is 1. The number of benzene rings is 2. The molecule has 0 aliphatic heterocycles. The highest BCUT2D eigenvalue weighted by atomic mass is 15.3. The van der Waals surface area contributed by atoms with E-state index in [9.17, 15) is 0 Å². The van der Waals surface area contributed by atoms with E-state index in [1.165, 1.54) is 11.1 Å². The van der Waals surface area contributed by atoms with Crippen LogP contribution in [0.5, 0.6) is 0 Å². The molecule has 0 bridgehead atoms. The lowest BCUT2D eigenvalue weighted by molar-refractivity contribution is 0.642. The van der Waals surface area contributed by atoms with Crippen molar-refractivity contribution in [3.8, 4) is 0 Å². The van der Waals surface area contributed by atoms with Crippen LogP contribution in [0.4, 0.5) is 23.1 Å². The van der Waals surface area contributed by atoms with E-state index in [-0.39, 0.29) is 0 Å². The highest BCUT2D eigenvalue weighted by Crippen LogP contribution is 2.29. The highest BCUT2D eigenvalue weighted by molar-refractivity contribution is 5.90. The molecule has 2 aromatic heterocycles. The van der Waals surface area contributed by atoms with Gasteiger partial charge in [-0.15, -0.1) is 6.58 Å². The van der Waals surface area contributed by atoms with E-state index in [0.29, 0.717) is 12.5 Å². The summed E-state index contributed by atoms with van der Waals surface area (Å²) in [5, 5.41) is 12.4. The van der Waals surface area contributed by atoms with Gasteiger partial charge in [0, 0.05) is 24.1 Å². The number of nitrogens with zero attached hydrogens (tertiary/aromatic N) is 4. The third kappa shape index (κ3) is 3.96. The van der Waals surface area contributed by atoms with Crippen molar-refractivity contribution in [3.63, 3.8) is 0 Å². The van der Waals surface area contributed by atoms with Gasteiger partial charge in [0.05, 0.1) is 5.39 Å². The van der Waals surface area contributed by atoms with Gasteiger partial charge in [-0.1, -0.05) is 42.5 Å².